The highest BCUT2D eigenvalue weighted by atomic mass is 31.1. The number of nitrogen functional groups attached to an aromatic ring is 1. The fourth-order valence-electron chi connectivity index (χ4n) is 2.39. The van der Waals surface area contributed by atoms with Crippen LogP contribution in [0.2, 0.25) is 0 Å². The first-order valence-corrected chi connectivity index (χ1v) is 7.36. The third kappa shape index (κ3) is 2.43. The zero-order chi connectivity index (χ0) is 15.9. The number of hydrogen-bond acceptors (Lipinski definition) is 9. The SMILES string of the molecule is Nc1ncnc2c1ncn2[C@@H]1O[C@H](CO)[C@@H](O[P+](=O)O)[C@H]1O. The third-order valence-electron chi connectivity index (χ3n) is 3.36. The minimum absolute atomic E-state index is 0.168. The van der Waals surface area contributed by atoms with Crippen LogP contribution >= 0.6 is 8.25 Å². The van der Waals surface area contributed by atoms with Crippen LogP contribution in [-0.2, 0) is 13.8 Å². The first-order chi connectivity index (χ1) is 10.5. The van der Waals surface area contributed by atoms with E-state index in [1.807, 2.05) is 0 Å². The van der Waals surface area contributed by atoms with Gasteiger partial charge in [-0.2, -0.15) is 0 Å². The molecule has 11 nitrogen and oxygen atoms in total. The molecule has 1 unspecified atom stereocenters. The molecule has 22 heavy (non-hydrogen) atoms. The zero-order valence-corrected chi connectivity index (χ0v) is 11.9. The molecule has 3 rings (SSSR count). The molecule has 1 aliphatic rings. The summed E-state index contributed by atoms with van der Waals surface area (Å²) in [6, 6.07) is 0. The molecule has 0 saturated carbocycles. The van der Waals surface area contributed by atoms with Crippen molar-refractivity contribution in [3.8, 4) is 0 Å². The lowest BCUT2D eigenvalue weighted by Gasteiger charge is -2.16. The predicted octanol–water partition coefficient (Wildman–Crippen LogP) is -1.31. The van der Waals surface area contributed by atoms with Gasteiger partial charge in [-0.1, -0.05) is 0 Å². The lowest BCUT2D eigenvalue weighted by molar-refractivity contribution is -0.0504. The van der Waals surface area contributed by atoms with E-state index in [2.05, 4.69) is 15.0 Å². The minimum Gasteiger partial charge on any atom is -0.394 e. The first-order valence-electron chi connectivity index (χ1n) is 6.23. The van der Waals surface area contributed by atoms with Crippen molar-refractivity contribution in [3.63, 3.8) is 0 Å². The van der Waals surface area contributed by atoms with Crippen LogP contribution in [0, 0.1) is 0 Å². The van der Waals surface area contributed by atoms with E-state index in [0.717, 1.165) is 0 Å². The summed E-state index contributed by atoms with van der Waals surface area (Å²) in [4.78, 5) is 20.7. The molecule has 5 N–H and O–H groups in total. The van der Waals surface area contributed by atoms with Crippen LogP contribution in [0.15, 0.2) is 12.7 Å². The highest BCUT2D eigenvalue weighted by Gasteiger charge is 2.50. The maximum Gasteiger partial charge on any atom is 0.695 e. The highest BCUT2D eigenvalue weighted by Crippen LogP contribution is 2.36. The summed E-state index contributed by atoms with van der Waals surface area (Å²) >= 11 is 0. The van der Waals surface area contributed by atoms with Crippen LogP contribution in [-0.4, -0.2) is 59.5 Å². The van der Waals surface area contributed by atoms with Gasteiger partial charge in [0.25, 0.3) is 0 Å². The van der Waals surface area contributed by atoms with Crippen LogP contribution in [0.25, 0.3) is 11.2 Å². The fourth-order valence-corrected chi connectivity index (χ4v) is 2.86. The van der Waals surface area contributed by atoms with Gasteiger partial charge < -0.3 is 20.7 Å². The van der Waals surface area contributed by atoms with Crippen molar-refractivity contribution in [2.75, 3.05) is 12.3 Å². The number of aliphatic hydroxyl groups is 2. The third-order valence-corrected chi connectivity index (χ3v) is 3.79. The van der Waals surface area contributed by atoms with Crippen molar-refractivity contribution in [2.24, 2.45) is 0 Å². The maximum atomic E-state index is 10.8. The van der Waals surface area contributed by atoms with E-state index in [4.69, 9.17) is 19.9 Å². The molecule has 2 aromatic rings. The van der Waals surface area contributed by atoms with Crippen LogP contribution in [0.3, 0.4) is 0 Å². The van der Waals surface area contributed by atoms with Gasteiger partial charge in [0.2, 0.25) is 0 Å². The zero-order valence-electron chi connectivity index (χ0n) is 11.1. The Morgan fingerprint density at radius 1 is 1.45 bits per heavy atom. The molecule has 0 amide bonds. The van der Waals surface area contributed by atoms with E-state index in [9.17, 15) is 14.8 Å². The van der Waals surface area contributed by atoms with Crippen molar-refractivity contribution in [3.05, 3.63) is 12.7 Å². The number of nitrogens with two attached hydrogens (primary N) is 1. The Labute approximate surface area is 124 Å². The number of anilines is 1. The molecule has 5 atom stereocenters. The Kier molecular flexibility index (Phi) is 4.00. The van der Waals surface area contributed by atoms with Gasteiger partial charge >= 0.3 is 8.25 Å². The summed E-state index contributed by atoms with van der Waals surface area (Å²) in [5, 5.41) is 19.6. The van der Waals surface area contributed by atoms with Gasteiger partial charge in [-0.05, 0) is 0 Å². The van der Waals surface area contributed by atoms with Gasteiger partial charge in [-0.3, -0.25) is 4.57 Å². The van der Waals surface area contributed by atoms with Gasteiger partial charge in [0.15, 0.2) is 23.8 Å². The van der Waals surface area contributed by atoms with Gasteiger partial charge in [0.1, 0.15) is 24.1 Å². The van der Waals surface area contributed by atoms with Crippen molar-refractivity contribution in [2.45, 2.75) is 24.5 Å². The molecule has 2 aromatic heterocycles. The molecule has 0 aromatic carbocycles. The molecular formula is C10H13N5O6P+. The van der Waals surface area contributed by atoms with Gasteiger partial charge in [0.05, 0.1) is 12.9 Å². The molecule has 12 heteroatoms. The Bertz CT molecular complexity index is 710. The number of aromatic nitrogens is 4. The summed E-state index contributed by atoms with van der Waals surface area (Å²) in [6.45, 7) is -0.495. The average molecular weight is 330 g/mol. The van der Waals surface area contributed by atoms with E-state index in [-0.39, 0.29) is 5.82 Å². The lowest BCUT2D eigenvalue weighted by Crippen LogP contribution is -2.34. The van der Waals surface area contributed by atoms with Crippen LogP contribution in [0.5, 0.6) is 0 Å². The van der Waals surface area contributed by atoms with Crippen LogP contribution in [0.1, 0.15) is 6.23 Å². The average Bonchev–Trinajstić information content (AvgIpc) is 3.02. The minimum atomic E-state index is -2.96. The second kappa shape index (κ2) is 5.80. The number of hydrogen-bond donors (Lipinski definition) is 4. The lowest BCUT2D eigenvalue weighted by atomic mass is 10.1. The monoisotopic (exact) mass is 330 g/mol. The van der Waals surface area contributed by atoms with Crippen LogP contribution in [0.4, 0.5) is 5.82 Å². The van der Waals surface area contributed by atoms with E-state index >= 15 is 0 Å². The Morgan fingerprint density at radius 3 is 2.91 bits per heavy atom. The molecule has 0 bridgehead atoms. The molecule has 118 valence electrons. The number of fused-ring (bicyclic) bond motifs is 1. The summed E-state index contributed by atoms with van der Waals surface area (Å²) < 4.78 is 22.4. The van der Waals surface area contributed by atoms with E-state index in [1.54, 1.807) is 0 Å². The smallest absolute Gasteiger partial charge is 0.394 e. The molecule has 1 fully saturated rings. The summed E-state index contributed by atoms with van der Waals surface area (Å²) in [6.07, 6.45) is -1.87. The van der Waals surface area contributed by atoms with Gasteiger partial charge in [0, 0.05) is 4.57 Å². The second-order valence-corrected chi connectivity index (χ2v) is 5.32. The Balaban J connectivity index is 1.97. The normalized spacial score (nSPS) is 29.1. The van der Waals surface area contributed by atoms with Crippen molar-refractivity contribution in [1.29, 1.82) is 0 Å². The number of nitrogens with zero attached hydrogens (tertiary/aromatic N) is 4. The molecule has 0 spiro atoms. The van der Waals surface area contributed by atoms with Gasteiger partial charge in [-0.25, -0.2) is 15.0 Å². The Morgan fingerprint density at radius 2 is 2.23 bits per heavy atom. The van der Waals surface area contributed by atoms with E-state index < -0.39 is 39.4 Å². The predicted molar refractivity (Wildman–Crippen MR) is 71.4 cm³/mol. The maximum absolute atomic E-state index is 10.8. The summed E-state index contributed by atoms with van der Waals surface area (Å²) in [5.74, 6) is 0.168. The number of rotatable bonds is 4. The summed E-state index contributed by atoms with van der Waals surface area (Å²) in [5.41, 5.74) is 6.33. The molecule has 3 heterocycles. The number of ether oxygens (including phenoxy) is 1. The number of imidazole rings is 1. The topological polar surface area (TPSA) is 166 Å². The largest absolute Gasteiger partial charge is 0.695 e. The first kappa shape index (κ1) is 15.2. The molecule has 0 aliphatic carbocycles. The Hall–Kier alpha value is -1.75. The van der Waals surface area contributed by atoms with Gasteiger partial charge in [-0.15, -0.1) is 9.42 Å². The van der Waals surface area contributed by atoms with Crippen molar-refractivity contribution in [1.82, 2.24) is 19.5 Å². The molecular weight excluding hydrogens is 317 g/mol. The van der Waals surface area contributed by atoms with Crippen molar-refractivity contribution >= 4 is 25.2 Å². The molecule has 1 aliphatic heterocycles. The fraction of sp³-hybridized carbons (Fsp3) is 0.500. The van der Waals surface area contributed by atoms with E-state index in [0.29, 0.717) is 11.2 Å². The van der Waals surface area contributed by atoms with Crippen LogP contribution < -0.4 is 5.73 Å². The molecule has 0 radical (unpaired) electrons. The van der Waals surface area contributed by atoms with Crippen molar-refractivity contribution < 1.29 is 28.9 Å². The quantitative estimate of drug-likeness (QED) is 0.494. The highest BCUT2D eigenvalue weighted by molar-refractivity contribution is 7.32. The standard InChI is InChI=1S/C10H12N5O6P/c11-8-5-9(13-2-12-8)15(3-14-5)10-6(17)7(21-22(18)19)4(1-16)20-10/h2-4,6-7,10,16-17H,1H2,(H2-,11,12,13,18,19)/p+1/t4-,6-,7-,10-/m1/s1. The summed E-state index contributed by atoms with van der Waals surface area (Å²) in [7, 11) is -2.96. The van der Waals surface area contributed by atoms with E-state index in [1.165, 1.54) is 17.2 Å². The second-order valence-electron chi connectivity index (χ2n) is 4.63. The number of aliphatic hydroxyl groups excluding tert-OH is 2. The molecule has 1 saturated heterocycles.